The molecule has 0 aliphatic heterocycles. The van der Waals surface area contributed by atoms with Crippen LogP contribution in [0.5, 0.6) is 0 Å². The number of halogens is 1. The van der Waals surface area contributed by atoms with Crippen molar-refractivity contribution in [3.8, 4) is 0 Å². The normalized spacial score (nSPS) is 20.4. The predicted molar refractivity (Wildman–Crippen MR) is 107 cm³/mol. The summed E-state index contributed by atoms with van der Waals surface area (Å²) in [4.78, 5) is 13.2. The first kappa shape index (κ1) is 21.3. The number of alkyl halides is 1. The molecule has 1 aromatic rings. The molecule has 1 amide bonds. The standard InChI is InChI=1S/C22H31FN2O2/c1-3-18-12-17(2)13-21(14-18)16-25(11-10-23)15-20-6-4-19(5-7-20)8-9-22(26)24-27/h4-9,18,21,27H,2-3,10-16H2,1H3,(H,24,26)/b9-8+. The topological polar surface area (TPSA) is 52.6 Å². The van der Waals surface area contributed by atoms with Crippen molar-refractivity contribution < 1.29 is 14.4 Å². The molecule has 1 aliphatic carbocycles. The van der Waals surface area contributed by atoms with Crippen LogP contribution in [0.4, 0.5) is 4.39 Å². The largest absolute Gasteiger partial charge is 0.296 e. The molecule has 2 N–H and O–H groups in total. The first-order valence-corrected chi connectivity index (χ1v) is 9.70. The van der Waals surface area contributed by atoms with Gasteiger partial charge in [-0.15, -0.1) is 0 Å². The van der Waals surface area contributed by atoms with E-state index in [0.29, 0.717) is 24.9 Å². The Balaban J connectivity index is 1.95. The van der Waals surface area contributed by atoms with Crippen molar-refractivity contribution in [1.82, 2.24) is 10.4 Å². The molecule has 27 heavy (non-hydrogen) atoms. The van der Waals surface area contributed by atoms with Crippen LogP contribution in [0.25, 0.3) is 6.08 Å². The summed E-state index contributed by atoms with van der Waals surface area (Å²) in [6, 6.07) is 7.83. The molecule has 0 aromatic heterocycles. The van der Waals surface area contributed by atoms with E-state index in [0.717, 1.165) is 30.5 Å². The van der Waals surface area contributed by atoms with Gasteiger partial charge in [-0.25, -0.2) is 9.87 Å². The number of rotatable bonds is 9. The molecule has 1 fully saturated rings. The Morgan fingerprint density at radius 2 is 2.04 bits per heavy atom. The van der Waals surface area contributed by atoms with Crippen LogP contribution >= 0.6 is 0 Å². The minimum absolute atomic E-state index is 0.345. The van der Waals surface area contributed by atoms with E-state index in [4.69, 9.17) is 5.21 Å². The van der Waals surface area contributed by atoms with Crippen molar-refractivity contribution >= 4 is 12.0 Å². The molecule has 0 heterocycles. The Morgan fingerprint density at radius 1 is 1.33 bits per heavy atom. The van der Waals surface area contributed by atoms with Gasteiger partial charge in [-0.3, -0.25) is 14.9 Å². The molecule has 2 rings (SSSR count). The maximum atomic E-state index is 13.1. The van der Waals surface area contributed by atoms with E-state index in [1.54, 1.807) is 11.6 Å². The summed E-state index contributed by atoms with van der Waals surface area (Å²) in [6.07, 6.45) is 7.48. The van der Waals surface area contributed by atoms with E-state index < -0.39 is 5.91 Å². The van der Waals surface area contributed by atoms with E-state index >= 15 is 0 Å². The highest BCUT2D eigenvalue weighted by Crippen LogP contribution is 2.34. The van der Waals surface area contributed by atoms with Crippen molar-refractivity contribution in [1.29, 1.82) is 0 Å². The predicted octanol–water partition coefficient (Wildman–Crippen LogP) is 4.36. The third kappa shape index (κ3) is 7.27. The van der Waals surface area contributed by atoms with Gasteiger partial charge in [-0.1, -0.05) is 49.8 Å². The van der Waals surface area contributed by atoms with Crippen molar-refractivity contribution in [2.24, 2.45) is 11.8 Å². The van der Waals surface area contributed by atoms with Crippen LogP contribution in [-0.2, 0) is 11.3 Å². The fourth-order valence-corrected chi connectivity index (χ4v) is 3.91. The monoisotopic (exact) mass is 374 g/mol. The number of amides is 1. The molecule has 1 aliphatic rings. The maximum absolute atomic E-state index is 13.1. The Bertz CT molecular complexity index is 642. The highest BCUT2D eigenvalue weighted by Gasteiger charge is 2.24. The summed E-state index contributed by atoms with van der Waals surface area (Å²) < 4.78 is 13.1. The second-order valence-corrected chi connectivity index (χ2v) is 7.51. The zero-order chi connectivity index (χ0) is 19.6. The van der Waals surface area contributed by atoms with Gasteiger partial charge in [-0.2, -0.15) is 0 Å². The first-order valence-electron chi connectivity index (χ1n) is 9.70. The first-order chi connectivity index (χ1) is 13.0. The minimum atomic E-state index is -0.562. The lowest BCUT2D eigenvalue weighted by Crippen LogP contribution is -2.33. The lowest BCUT2D eigenvalue weighted by atomic mass is 9.77. The van der Waals surface area contributed by atoms with Gasteiger partial charge < -0.3 is 0 Å². The highest BCUT2D eigenvalue weighted by atomic mass is 19.1. The minimum Gasteiger partial charge on any atom is -0.296 e. The molecule has 0 spiro atoms. The summed E-state index contributed by atoms with van der Waals surface area (Å²) in [5.74, 6) is 0.709. The molecule has 0 saturated heterocycles. The molecule has 2 unspecified atom stereocenters. The van der Waals surface area contributed by atoms with Gasteiger partial charge in [0.2, 0.25) is 0 Å². The second-order valence-electron chi connectivity index (χ2n) is 7.51. The molecule has 2 atom stereocenters. The van der Waals surface area contributed by atoms with Crippen LogP contribution in [-0.4, -0.2) is 35.8 Å². The third-order valence-electron chi connectivity index (χ3n) is 5.24. The smallest absolute Gasteiger partial charge is 0.267 e. The van der Waals surface area contributed by atoms with Gasteiger partial charge in [0.25, 0.3) is 5.91 Å². The Labute approximate surface area is 161 Å². The average molecular weight is 375 g/mol. The summed E-state index contributed by atoms with van der Waals surface area (Å²) in [5.41, 5.74) is 4.88. The Hall–Kier alpha value is -1.98. The molecule has 0 radical (unpaired) electrons. The van der Waals surface area contributed by atoms with Crippen LogP contribution in [0.2, 0.25) is 0 Å². The summed E-state index contributed by atoms with van der Waals surface area (Å²) in [7, 11) is 0. The molecule has 1 aromatic carbocycles. The number of allylic oxidation sites excluding steroid dienone is 1. The molecule has 4 nitrogen and oxygen atoms in total. The Kier molecular flexibility index (Phi) is 8.69. The van der Waals surface area contributed by atoms with Crippen LogP contribution < -0.4 is 5.48 Å². The van der Waals surface area contributed by atoms with E-state index in [2.05, 4.69) is 18.4 Å². The van der Waals surface area contributed by atoms with Crippen molar-refractivity contribution in [2.75, 3.05) is 19.8 Å². The number of hydrogen-bond acceptors (Lipinski definition) is 3. The number of carbonyl (C=O) groups excluding carboxylic acids is 1. The number of carbonyl (C=O) groups is 1. The van der Waals surface area contributed by atoms with Crippen LogP contribution in [0.15, 0.2) is 42.5 Å². The maximum Gasteiger partial charge on any atom is 0.267 e. The van der Waals surface area contributed by atoms with Crippen molar-refractivity contribution in [3.05, 3.63) is 53.6 Å². The van der Waals surface area contributed by atoms with Gasteiger partial charge in [-0.05, 0) is 48.3 Å². The van der Waals surface area contributed by atoms with Gasteiger partial charge in [0.15, 0.2) is 0 Å². The SMILES string of the molecule is C=C1CC(CC)CC(CN(CCF)Cc2ccc(/C=C/C(=O)NO)cc2)C1. The van der Waals surface area contributed by atoms with E-state index in [1.807, 2.05) is 24.3 Å². The fourth-order valence-electron chi connectivity index (χ4n) is 3.91. The lowest BCUT2D eigenvalue weighted by Gasteiger charge is -2.34. The summed E-state index contributed by atoms with van der Waals surface area (Å²) in [5, 5.41) is 8.50. The van der Waals surface area contributed by atoms with E-state index in [1.165, 1.54) is 24.5 Å². The summed E-state index contributed by atoms with van der Waals surface area (Å²) >= 11 is 0. The number of hydrogen-bond donors (Lipinski definition) is 2. The number of benzene rings is 1. The average Bonchev–Trinajstić information content (AvgIpc) is 2.66. The van der Waals surface area contributed by atoms with Crippen molar-refractivity contribution in [2.45, 2.75) is 39.2 Å². The van der Waals surface area contributed by atoms with Crippen molar-refractivity contribution in [3.63, 3.8) is 0 Å². The van der Waals surface area contributed by atoms with Gasteiger partial charge in [0, 0.05) is 25.7 Å². The van der Waals surface area contributed by atoms with Gasteiger partial charge in [0.1, 0.15) is 6.67 Å². The zero-order valence-electron chi connectivity index (χ0n) is 16.2. The Morgan fingerprint density at radius 3 is 2.67 bits per heavy atom. The number of nitrogens with one attached hydrogen (secondary N) is 1. The van der Waals surface area contributed by atoms with Crippen LogP contribution in [0, 0.1) is 11.8 Å². The van der Waals surface area contributed by atoms with Gasteiger partial charge in [0.05, 0.1) is 0 Å². The third-order valence-corrected chi connectivity index (χ3v) is 5.24. The molecule has 0 bridgehead atoms. The number of hydroxylamine groups is 1. The van der Waals surface area contributed by atoms with Crippen LogP contribution in [0.1, 0.15) is 43.7 Å². The van der Waals surface area contributed by atoms with E-state index in [-0.39, 0.29) is 6.67 Å². The molecule has 1 saturated carbocycles. The quantitative estimate of drug-likeness (QED) is 0.292. The molecular formula is C22H31FN2O2. The second kappa shape index (κ2) is 11.0. The van der Waals surface area contributed by atoms with Crippen LogP contribution in [0.3, 0.4) is 0 Å². The lowest BCUT2D eigenvalue weighted by molar-refractivity contribution is -0.124. The van der Waals surface area contributed by atoms with E-state index in [9.17, 15) is 9.18 Å². The molecular weight excluding hydrogens is 343 g/mol. The molecule has 5 heteroatoms. The molecule has 148 valence electrons. The van der Waals surface area contributed by atoms with Gasteiger partial charge >= 0.3 is 0 Å². The zero-order valence-corrected chi connectivity index (χ0v) is 16.2. The summed E-state index contributed by atoms with van der Waals surface area (Å²) in [6.45, 7) is 8.15. The fraction of sp³-hybridized carbons (Fsp3) is 0.500. The number of nitrogens with zero attached hydrogens (tertiary/aromatic N) is 1. The highest BCUT2D eigenvalue weighted by molar-refractivity contribution is 5.90.